The third kappa shape index (κ3) is 4.67. The molecule has 1 atom stereocenters. The van der Waals surface area contributed by atoms with Crippen LogP contribution >= 0.6 is 11.3 Å². The smallest absolute Gasteiger partial charge is 0.231 e. The molecule has 7 heteroatoms. The third-order valence-corrected chi connectivity index (χ3v) is 4.46. The first kappa shape index (κ1) is 17.2. The van der Waals surface area contributed by atoms with E-state index < -0.39 is 6.10 Å². The molecule has 6 nitrogen and oxygen atoms in total. The van der Waals surface area contributed by atoms with Crippen molar-refractivity contribution in [1.29, 1.82) is 0 Å². The number of fused-ring (bicyclic) bond motifs is 1. The number of aromatic nitrogens is 1. The molecule has 0 aliphatic carbocycles. The molecule has 0 spiro atoms. The number of aliphatic hydroxyl groups is 1. The van der Waals surface area contributed by atoms with Crippen molar-refractivity contribution in [2.45, 2.75) is 26.2 Å². The Labute approximate surface area is 145 Å². The Balaban J connectivity index is 1.38. The maximum atomic E-state index is 10.1. The number of likely N-dealkylation sites (N-methyl/N-ethyl adjacent to an activating group) is 1. The first-order valence-electron chi connectivity index (χ1n) is 7.84. The maximum absolute atomic E-state index is 10.1. The minimum atomic E-state index is -0.538. The van der Waals surface area contributed by atoms with Gasteiger partial charge in [-0.25, -0.2) is 4.98 Å². The molecule has 1 aromatic carbocycles. The van der Waals surface area contributed by atoms with Crippen LogP contribution in [-0.2, 0) is 17.9 Å². The van der Waals surface area contributed by atoms with Gasteiger partial charge in [-0.3, -0.25) is 4.90 Å². The van der Waals surface area contributed by atoms with Crippen LogP contribution in [0.5, 0.6) is 11.5 Å². The normalized spacial score (nSPS) is 14.3. The number of aryl methyl sites for hydroxylation is 1. The Morgan fingerprint density at radius 2 is 2.21 bits per heavy atom. The molecule has 24 heavy (non-hydrogen) atoms. The summed E-state index contributed by atoms with van der Waals surface area (Å²) in [6.07, 6.45) is -0.538. The summed E-state index contributed by atoms with van der Waals surface area (Å²) >= 11 is 1.64. The van der Waals surface area contributed by atoms with Gasteiger partial charge < -0.3 is 19.3 Å². The molecule has 1 unspecified atom stereocenters. The van der Waals surface area contributed by atoms with Crippen LogP contribution < -0.4 is 9.47 Å². The predicted octanol–water partition coefficient (Wildman–Crippen LogP) is 2.19. The molecule has 0 fully saturated rings. The van der Waals surface area contributed by atoms with Crippen molar-refractivity contribution in [3.63, 3.8) is 0 Å². The van der Waals surface area contributed by atoms with Crippen molar-refractivity contribution in [1.82, 2.24) is 9.88 Å². The lowest BCUT2D eigenvalue weighted by atomic mass is 10.2. The summed E-state index contributed by atoms with van der Waals surface area (Å²) in [5.41, 5.74) is 2.03. The molecule has 2 heterocycles. The summed E-state index contributed by atoms with van der Waals surface area (Å²) in [4.78, 5) is 6.47. The molecule has 3 rings (SSSR count). The number of aliphatic hydroxyl groups excluding tert-OH is 1. The highest BCUT2D eigenvalue weighted by Crippen LogP contribution is 2.32. The average Bonchev–Trinajstić information content (AvgIpc) is 3.15. The van der Waals surface area contributed by atoms with Crippen molar-refractivity contribution in [3.8, 4) is 11.5 Å². The van der Waals surface area contributed by atoms with Gasteiger partial charge in [-0.15, -0.1) is 11.3 Å². The van der Waals surface area contributed by atoms with E-state index in [2.05, 4.69) is 4.98 Å². The van der Waals surface area contributed by atoms with Gasteiger partial charge in [0.2, 0.25) is 6.79 Å². The fraction of sp³-hybridized carbons (Fsp3) is 0.471. The highest BCUT2D eigenvalue weighted by atomic mass is 32.1. The molecule has 0 bridgehead atoms. The van der Waals surface area contributed by atoms with Crippen molar-refractivity contribution < 1.29 is 19.3 Å². The van der Waals surface area contributed by atoms with E-state index in [1.54, 1.807) is 11.3 Å². The molecule has 2 aromatic rings. The summed E-state index contributed by atoms with van der Waals surface area (Å²) in [6, 6.07) is 5.73. The van der Waals surface area contributed by atoms with Crippen molar-refractivity contribution in [2.75, 3.05) is 27.0 Å². The van der Waals surface area contributed by atoms with Crippen LogP contribution in [0.3, 0.4) is 0 Å². The van der Waals surface area contributed by atoms with E-state index >= 15 is 0 Å². The Kier molecular flexibility index (Phi) is 5.68. The van der Waals surface area contributed by atoms with Crippen molar-refractivity contribution in [3.05, 3.63) is 39.8 Å². The standard InChI is InChI=1S/C17H22N2O4S/c1-12-18-14(10-24-12)6-19(2)7-15(20)9-21-8-13-3-4-16-17(5-13)23-11-22-16/h3-5,10,15,20H,6-9,11H2,1-2H3. The molecule has 0 radical (unpaired) electrons. The van der Waals surface area contributed by atoms with Gasteiger partial charge in [-0.1, -0.05) is 6.07 Å². The number of thiazole rings is 1. The SMILES string of the molecule is Cc1nc(CN(C)CC(O)COCc2ccc3c(c2)OCO3)cs1. The van der Waals surface area contributed by atoms with E-state index in [0.29, 0.717) is 13.2 Å². The van der Waals surface area contributed by atoms with Gasteiger partial charge in [0.05, 0.1) is 30.0 Å². The number of hydrogen-bond acceptors (Lipinski definition) is 7. The van der Waals surface area contributed by atoms with Crippen molar-refractivity contribution in [2.24, 2.45) is 0 Å². The average molecular weight is 350 g/mol. The van der Waals surface area contributed by atoms with Crippen LogP contribution in [0.15, 0.2) is 23.6 Å². The van der Waals surface area contributed by atoms with E-state index in [4.69, 9.17) is 14.2 Å². The van der Waals surface area contributed by atoms with E-state index in [9.17, 15) is 5.11 Å². The fourth-order valence-electron chi connectivity index (χ4n) is 2.58. The quantitative estimate of drug-likeness (QED) is 0.787. The third-order valence-electron chi connectivity index (χ3n) is 3.64. The lowest BCUT2D eigenvalue weighted by Gasteiger charge is -2.19. The second kappa shape index (κ2) is 7.94. The number of rotatable bonds is 8. The number of nitrogens with zero attached hydrogens (tertiary/aromatic N) is 2. The predicted molar refractivity (Wildman–Crippen MR) is 91.4 cm³/mol. The van der Waals surface area contributed by atoms with Gasteiger partial charge in [0, 0.05) is 18.5 Å². The molecular weight excluding hydrogens is 328 g/mol. The number of hydrogen-bond donors (Lipinski definition) is 1. The zero-order chi connectivity index (χ0) is 16.9. The Hall–Kier alpha value is -1.67. The zero-order valence-corrected chi connectivity index (χ0v) is 14.7. The first-order chi connectivity index (χ1) is 11.6. The fourth-order valence-corrected chi connectivity index (χ4v) is 3.18. The molecule has 1 aliphatic heterocycles. The minimum absolute atomic E-state index is 0.267. The van der Waals surface area contributed by atoms with Crippen LogP contribution in [0.1, 0.15) is 16.3 Å². The maximum Gasteiger partial charge on any atom is 0.231 e. The Morgan fingerprint density at radius 3 is 3.00 bits per heavy atom. The molecule has 0 saturated heterocycles. The van der Waals surface area contributed by atoms with Crippen LogP contribution in [0.4, 0.5) is 0 Å². The zero-order valence-electron chi connectivity index (χ0n) is 13.9. The lowest BCUT2D eigenvalue weighted by molar-refractivity contribution is 0.0125. The molecule has 1 aliphatic rings. The topological polar surface area (TPSA) is 64.1 Å². The number of benzene rings is 1. The van der Waals surface area contributed by atoms with Crippen molar-refractivity contribution >= 4 is 11.3 Å². The van der Waals surface area contributed by atoms with Gasteiger partial charge in [0.1, 0.15) is 0 Å². The second-order valence-corrected chi connectivity index (χ2v) is 6.97. The molecule has 1 N–H and O–H groups in total. The molecular formula is C17H22N2O4S. The Bertz CT molecular complexity index is 676. The summed E-state index contributed by atoms with van der Waals surface area (Å²) < 4.78 is 16.2. The second-order valence-electron chi connectivity index (χ2n) is 5.91. The van der Waals surface area contributed by atoms with Gasteiger partial charge >= 0.3 is 0 Å². The Morgan fingerprint density at radius 1 is 1.38 bits per heavy atom. The first-order valence-corrected chi connectivity index (χ1v) is 8.72. The van der Waals surface area contributed by atoms with E-state index in [1.165, 1.54) is 0 Å². The van der Waals surface area contributed by atoms with Gasteiger partial charge in [0.25, 0.3) is 0 Å². The van der Waals surface area contributed by atoms with E-state index in [1.807, 2.05) is 42.5 Å². The summed E-state index contributed by atoms with van der Waals surface area (Å²) in [6.45, 7) is 4.25. The summed E-state index contributed by atoms with van der Waals surface area (Å²) in [5, 5.41) is 13.2. The van der Waals surface area contributed by atoms with E-state index in [0.717, 1.165) is 34.3 Å². The van der Waals surface area contributed by atoms with Gasteiger partial charge in [-0.2, -0.15) is 0 Å². The molecule has 0 saturated carbocycles. The summed E-state index contributed by atoms with van der Waals surface area (Å²) in [7, 11) is 1.97. The number of ether oxygens (including phenoxy) is 3. The lowest BCUT2D eigenvalue weighted by Crippen LogP contribution is -2.32. The molecule has 130 valence electrons. The van der Waals surface area contributed by atoms with Crippen LogP contribution in [-0.4, -0.2) is 48.1 Å². The highest BCUT2D eigenvalue weighted by molar-refractivity contribution is 7.09. The monoisotopic (exact) mass is 350 g/mol. The van der Waals surface area contributed by atoms with Gasteiger partial charge in [-0.05, 0) is 31.7 Å². The highest BCUT2D eigenvalue weighted by Gasteiger charge is 2.14. The van der Waals surface area contributed by atoms with Crippen LogP contribution in [0.25, 0.3) is 0 Å². The van der Waals surface area contributed by atoms with E-state index in [-0.39, 0.29) is 13.4 Å². The van der Waals surface area contributed by atoms with Gasteiger partial charge in [0.15, 0.2) is 11.5 Å². The summed E-state index contributed by atoms with van der Waals surface area (Å²) in [5.74, 6) is 1.51. The minimum Gasteiger partial charge on any atom is -0.454 e. The molecule has 1 aromatic heterocycles. The van der Waals surface area contributed by atoms with Crippen LogP contribution in [0, 0.1) is 6.92 Å². The largest absolute Gasteiger partial charge is 0.454 e. The molecule has 0 amide bonds. The van der Waals surface area contributed by atoms with Crippen LogP contribution in [0.2, 0.25) is 0 Å².